The summed E-state index contributed by atoms with van der Waals surface area (Å²) in [5, 5.41) is 0. The van der Waals surface area contributed by atoms with Gasteiger partial charge in [-0.2, -0.15) is 0 Å². The molecule has 0 aliphatic heterocycles. The van der Waals surface area contributed by atoms with Crippen LogP contribution in [-0.2, 0) is 17.6 Å². The molecule has 0 aromatic heterocycles. The van der Waals surface area contributed by atoms with Crippen molar-refractivity contribution >= 4 is 0 Å². The van der Waals surface area contributed by atoms with E-state index in [0.717, 1.165) is 12.8 Å². The molecule has 128 valence electrons. The molecule has 2 aliphatic carbocycles. The van der Waals surface area contributed by atoms with Crippen molar-refractivity contribution < 1.29 is 4.74 Å². The predicted molar refractivity (Wildman–Crippen MR) is 104 cm³/mol. The summed E-state index contributed by atoms with van der Waals surface area (Å²) in [4.78, 5) is 0. The van der Waals surface area contributed by atoms with Crippen LogP contribution in [0.2, 0.25) is 0 Å². The first-order valence-corrected chi connectivity index (χ1v) is 9.49. The molecule has 2 aromatic rings. The van der Waals surface area contributed by atoms with Crippen LogP contribution in [0, 0.1) is 0 Å². The first kappa shape index (κ1) is 16.4. The van der Waals surface area contributed by atoms with Gasteiger partial charge in [-0.1, -0.05) is 72.8 Å². The van der Waals surface area contributed by atoms with Gasteiger partial charge in [0.1, 0.15) is 0 Å². The zero-order chi connectivity index (χ0) is 16.9. The third-order valence-corrected chi connectivity index (χ3v) is 5.36. The largest absolute Gasteiger partial charge is 0.366 e. The van der Waals surface area contributed by atoms with Crippen LogP contribution < -0.4 is 0 Å². The Kier molecular flexibility index (Phi) is 5.13. The lowest BCUT2D eigenvalue weighted by Crippen LogP contribution is -2.31. The van der Waals surface area contributed by atoms with Crippen molar-refractivity contribution in [3.63, 3.8) is 0 Å². The standard InChI is InChI=1S/C24H26O/c1-3-9-19(10-4-1)17-23(21-13-7-14-21)25-24(22-15-8-16-22)18-20-11-5-2-6-12-20/h1-6,9-13,15,23-24H,7-8,14,16-18H2. The molecule has 2 aliphatic rings. The van der Waals surface area contributed by atoms with E-state index in [1.165, 1.54) is 48.0 Å². The van der Waals surface area contributed by atoms with Crippen molar-refractivity contribution in [3.8, 4) is 0 Å². The zero-order valence-corrected chi connectivity index (χ0v) is 14.7. The maximum Gasteiger partial charge on any atom is 0.0833 e. The second-order valence-corrected chi connectivity index (χ2v) is 7.13. The predicted octanol–water partition coefficient (Wildman–Crippen LogP) is 5.67. The van der Waals surface area contributed by atoms with Gasteiger partial charge in [0.25, 0.3) is 0 Å². The molecule has 1 heteroatoms. The van der Waals surface area contributed by atoms with Crippen molar-refractivity contribution in [2.24, 2.45) is 0 Å². The lowest BCUT2D eigenvalue weighted by Gasteiger charge is -2.33. The quantitative estimate of drug-likeness (QED) is 0.567. The molecule has 2 atom stereocenters. The Morgan fingerprint density at radius 1 is 0.640 bits per heavy atom. The normalized spacial score (nSPS) is 18.4. The highest BCUT2D eigenvalue weighted by Gasteiger charge is 2.27. The fourth-order valence-corrected chi connectivity index (χ4v) is 3.59. The molecule has 0 spiro atoms. The van der Waals surface area contributed by atoms with Gasteiger partial charge in [-0.15, -0.1) is 0 Å². The van der Waals surface area contributed by atoms with Crippen LogP contribution in [0.5, 0.6) is 0 Å². The first-order chi connectivity index (χ1) is 12.4. The van der Waals surface area contributed by atoms with Gasteiger partial charge in [-0.25, -0.2) is 0 Å². The van der Waals surface area contributed by atoms with Gasteiger partial charge in [0.15, 0.2) is 0 Å². The molecular formula is C24H26O. The maximum atomic E-state index is 6.73. The van der Waals surface area contributed by atoms with Crippen LogP contribution in [0.15, 0.2) is 84.0 Å². The Labute approximate surface area is 151 Å². The highest BCUT2D eigenvalue weighted by atomic mass is 16.5. The van der Waals surface area contributed by atoms with E-state index in [2.05, 4.69) is 72.8 Å². The van der Waals surface area contributed by atoms with E-state index in [1.807, 2.05) is 0 Å². The fraction of sp³-hybridized carbons (Fsp3) is 0.333. The third kappa shape index (κ3) is 4.11. The minimum absolute atomic E-state index is 0.214. The highest BCUT2D eigenvalue weighted by molar-refractivity contribution is 5.27. The number of ether oxygens (including phenoxy) is 1. The molecule has 0 saturated carbocycles. The summed E-state index contributed by atoms with van der Waals surface area (Å²) in [6.45, 7) is 0. The van der Waals surface area contributed by atoms with Crippen molar-refractivity contribution in [3.05, 3.63) is 95.1 Å². The molecule has 0 radical (unpaired) electrons. The topological polar surface area (TPSA) is 9.23 Å². The Balaban J connectivity index is 1.51. The summed E-state index contributed by atoms with van der Waals surface area (Å²) in [6, 6.07) is 21.5. The summed E-state index contributed by atoms with van der Waals surface area (Å²) in [5.74, 6) is 0. The van der Waals surface area contributed by atoms with Crippen LogP contribution in [0.1, 0.15) is 36.8 Å². The minimum Gasteiger partial charge on any atom is -0.366 e. The smallest absolute Gasteiger partial charge is 0.0833 e. The lowest BCUT2D eigenvalue weighted by atomic mass is 9.87. The molecule has 0 amide bonds. The van der Waals surface area contributed by atoms with E-state index in [9.17, 15) is 0 Å². The van der Waals surface area contributed by atoms with Crippen LogP contribution in [-0.4, -0.2) is 12.2 Å². The van der Waals surface area contributed by atoms with Gasteiger partial charge in [0.05, 0.1) is 12.2 Å². The molecular weight excluding hydrogens is 304 g/mol. The summed E-state index contributed by atoms with van der Waals surface area (Å²) in [7, 11) is 0. The SMILES string of the molecule is C1=C(C(Cc2ccccc2)OC(Cc2ccccc2)C2=CCC2)CC1. The molecule has 2 unspecified atom stereocenters. The Morgan fingerprint density at radius 3 is 1.36 bits per heavy atom. The number of hydrogen-bond donors (Lipinski definition) is 0. The molecule has 2 aromatic carbocycles. The monoisotopic (exact) mass is 330 g/mol. The Hall–Kier alpha value is -2.12. The van der Waals surface area contributed by atoms with Gasteiger partial charge >= 0.3 is 0 Å². The van der Waals surface area contributed by atoms with Gasteiger partial charge in [-0.05, 0) is 48.0 Å². The van der Waals surface area contributed by atoms with Crippen LogP contribution in [0.3, 0.4) is 0 Å². The lowest BCUT2D eigenvalue weighted by molar-refractivity contribution is 0.0214. The molecule has 4 rings (SSSR count). The Bertz CT molecular complexity index is 677. The average molecular weight is 330 g/mol. The van der Waals surface area contributed by atoms with Crippen LogP contribution >= 0.6 is 0 Å². The summed E-state index contributed by atoms with van der Waals surface area (Å²) in [5.41, 5.74) is 5.70. The zero-order valence-electron chi connectivity index (χ0n) is 14.7. The van der Waals surface area contributed by atoms with Crippen molar-refractivity contribution in [2.75, 3.05) is 0 Å². The number of allylic oxidation sites excluding steroid dienone is 2. The van der Waals surface area contributed by atoms with Crippen LogP contribution in [0.4, 0.5) is 0 Å². The van der Waals surface area contributed by atoms with E-state index in [-0.39, 0.29) is 12.2 Å². The maximum absolute atomic E-state index is 6.73. The van der Waals surface area contributed by atoms with E-state index >= 15 is 0 Å². The minimum atomic E-state index is 0.214. The molecule has 0 heterocycles. The molecule has 0 fully saturated rings. The molecule has 25 heavy (non-hydrogen) atoms. The van der Waals surface area contributed by atoms with Gasteiger partial charge in [-0.3, -0.25) is 0 Å². The van der Waals surface area contributed by atoms with E-state index < -0.39 is 0 Å². The van der Waals surface area contributed by atoms with Crippen LogP contribution in [0.25, 0.3) is 0 Å². The van der Waals surface area contributed by atoms with Crippen molar-refractivity contribution in [2.45, 2.75) is 50.7 Å². The first-order valence-electron chi connectivity index (χ1n) is 9.49. The highest BCUT2D eigenvalue weighted by Crippen LogP contribution is 2.32. The second-order valence-electron chi connectivity index (χ2n) is 7.13. The fourth-order valence-electron chi connectivity index (χ4n) is 3.59. The van der Waals surface area contributed by atoms with Crippen molar-refractivity contribution in [1.82, 2.24) is 0 Å². The van der Waals surface area contributed by atoms with Gasteiger partial charge < -0.3 is 4.74 Å². The van der Waals surface area contributed by atoms with Gasteiger partial charge in [0, 0.05) is 12.8 Å². The van der Waals surface area contributed by atoms with E-state index in [0.29, 0.717) is 0 Å². The summed E-state index contributed by atoms with van der Waals surface area (Å²) >= 11 is 0. The summed E-state index contributed by atoms with van der Waals surface area (Å²) in [6.07, 6.45) is 11.9. The van der Waals surface area contributed by atoms with E-state index in [1.54, 1.807) is 0 Å². The molecule has 0 bridgehead atoms. The van der Waals surface area contributed by atoms with Gasteiger partial charge in [0.2, 0.25) is 0 Å². The van der Waals surface area contributed by atoms with E-state index in [4.69, 9.17) is 4.74 Å². The average Bonchev–Trinajstić information content (AvgIpc) is 2.53. The Morgan fingerprint density at radius 2 is 1.04 bits per heavy atom. The number of hydrogen-bond acceptors (Lipinski definition) is 1. The number of benzene rings is 2. The molecule has 0 N–H and O–H groups in total. The van der Waals surface area contributed by atoms with Crippen molar-refractivity contribution in [1.29, 1.82) is 0 Å². The number of rotatable bonds is 8. The molecule has 0 saturated heterocycles. The molecule has 1 nitrogen and oxygen atoms in total. The third-order valence-electron chi connectivity index (χ3n) is 5.36. The second kappa shape index (κ2) is 7.84. The summed E-state index contributed by atoms with van der Waals surface area (Å²) < 4.78 is 6.73.